The van der Waals surface area contributed by atoms with Crippen LogP contribution in [0.15, 0.2) is 36.0 Å². The molecule has 0 heterocycles. The third-order valence-electron chi connectivity index (χ3n) is 2.79. The summed E-state index contributed by atoms with van der Waals surface area (Å²) in [6, 6.07) is 8.20. The Morgan fingerprint density at radius 1 is 1.32 bits per heavy atom. The van der Waals surface area contributed by atoms with E-state index in [1.807, 2.05) is 19.9 Å². The van der Waals surface area contributed by atoms with Crippen molar-refractivity contribution in [2.45, 2.75) is 20.4 Å². The molecular formula is C16H19N3O3. The van der Waals surface area contributed by atoms with Crippen LogP contribution in [0.5, 0.6) is 0 Å². The molecule has 22 heavy (non-hydrogen) atoms. The van der Waals surface area contributed by atoms with E-state index in [0.29, 0.717) is 19.0 Å². The minimum atomic E-state index is -0.979. The number of hydrogen-bond donors (Lipinski definition) is 3. The van der Waals surface area contributed by atoms with Gasteiger partial charge in [0.25, 0.3) is 5.91 Å². The number of nitriles is 1. The van der Waals surface area contributed by atoms with Crippen molar-refractivity contribution in [3.63, 3.8) is 0 Å². The summed E-state index contributed by atoms with van der Waals surface area (Å²) in [5, 5.41) is 23.3. The van der Waals surface area contributed by atoms with E-state index in [2.05, 4.69) is 10.6 Å². The SMILES string of the molecule is CC(C)CNC(=O)/C(C#N)=C\NCc1ccc(C(=O)O)cc1. The van der Waals surface area contributed by atoms with Gasteiger partial charge in [0.15, 0.2) is 0 Å². The second kappa shape index (κ2) is 8.47. The van der Waals surface area contributed by atoms with Gasteiger partial charge in [-0.3, -0.25) is 4.79 Å². The quantitative estimate of drug-likeness (QED) is 0.525. The van der Waals surface area contributed by atoms with Crippen LogP contribution in [0, 0.1) is 17.2 Å². The maximum absolute atomic E-state index is 11.7. The van der Waals surface area contributed by atoms with Crippen LogP contribution in [0.2, 0.25) is 0 Å². The summed E-state index contributed by atoms with van der Waals surface area (Å²) in [6.07, 6.45) is 1.36. The molecule has 6 heteroatoms. The maximum atomic E-state index is 11.7. The molecule has 0 fully saturated rings. The number of carbonyl (C=O) groups excluding carboxylic acids is 1. The van der Waals surface area contributed by atoms with Crippen LogP contribution in [0.25, 0.3) is 0 Å². The monoisotopic (exact) mass is 301 g/mol. The van der Waals surface area contributed by atoms with E-state index in [0.717, 1.165) is 5.56 Å². The summed E-state index contributed by atoms with van der Waals surface area (Å²) >= 11 is 0. The Labute approximate surface area is 129 Å². The van der Waals surface area contributed by atoms with Crippen LogP contribution in [-0.4, -0.2) is 23.5 Å². The Morgan fingerprint density at radius 2 is 1.95 bits per heavy atom. The number of nitrogens with one attached hydrogen (secondary N) is 2. The molecule has 0 unspecified atom stereocenters. The number of carboxylic acids is 1. The van der Waals surface area contributed by atoms with Crippen molar-refractivity contribution >= 4 is 11.9 Å². The molecule has 0 aliphatic heterocycles. The van der Waals surface area contributed by atoms with Crippen LogP contribution >= 0.6 is 0 Å². The fourth-order valence-corrected chi connectivity index (χ4v) is 1.58. The fraction of sp³-hybridized carbons (Fsp3) is 0.312. The van der Waals surface area contributed by atoms with Crippen LogP contribution < -0.4 is 10.6 Å². The van der Waals surface area contributed by atoms with Crippen LogP contribution in [0.4, 0.5) is 0 Å². The van der Waals surface area contributed by atoms with Gasteiger partial charge in [0.2, 0.25) is 0 Å². The van der Waals surface area contributed by atoms with Gasteiger partial charge in [-0.2, -0.15) is 5.26 Å². The van der Waals surface area contributed by atoms with E-state index in [1.165, 1.54) is 18.3 Å². The second-order valence-corrected chi connectivity index (χ2v) is 5.16. The predicted octanol–water partition coefficient (Wildman–Crippen LogP) is 1.65. The molecule has 1 aromatic rings. The number of nitrogens with zero attached hydrogens (tertiary/aromatic N) is 1. The number of carbonyl (C=O) groups is 2. The lowest BCUT2D eigenvalue weighted by molar-refractivity contribution is -0.117. The summed E-state index contributed by atoms with van der Waals surface area (Å²) in [7, 11) is 0. The number of aromatic carboxylic acids is 1. The zero-order valence-electron chi connectivity index (χ0n) is 12.6. The highest BCUT2D eigenvalue weighted by atomic mass is 16.4. The Morgan fingerprint density at radius 3 is 2.45 bits per heavy atom. The van der Waals surface area contributed by atoms with Crippen molar-refractivity contribution in [2.24, 2.45) is 5.92 Å². The lowest BCUT2D eigenvalue weighted by Crippen LogP contribution is -2.29. The first-order valence-electron chi connectivity index (χ1n) is 6.88. The molecule has 6 nitrogen and oxygen atoms in total. The van der Waals surface area contributed by atoms with Crippen molar-refractivity contribution in [1.29, 1.82) is 5.26 Å². The van der Waals surface area contributed by atoms with E-state index in [1.54, 1.807) is 12.1 Å². The maximum Gasteiger partial charge on any atom is 0.335 e. The Hall–Kier alpha value is -2.81. The van der Waals surface area contributed by atoms with Crippen LogP contribution in [-0.2, 0) is 11.3 Å². The molecular weight excluding hydrogens is 282 g/mol. The second-order valence-electron chi connectivity index (χ2n) is 5.16. The molecule has 0 aromatic heterocycles. The number of rotatable bonds is 7. The lowest BCUT2D eigenvalue weighted by Gasteiger charge is -2.07. The first-order chi connectivity index (χ1) is 10.4. The molecule has 1 rings (SSSR count). The van der Waals surface area contributed by atoms with E-state index >= 15 is 0 Å². The Balaban J connectivity index is 2.56. The minimum Gasteiger partial charge on any atom is -0.478 e. The van der Waals surface area contributed by atoms with Gasteiger partial charge >= 0.3 is 5.97 Å². The molecule has 0 spiro atoms. The zero-order chi connectivity index (χ0) is 16.5. The van der Waals surface area contributed by atoms with Gasteiger partial charge < -0.3 is 15.7 Å². The van der Waals surface area contributed by atoms with Crippen LogP contribution in [0.3, 0.4) is 0 Å². The van der Waals surface area contributed by atoms with Gasteiger partial charge in [0.05, 0.1) is 5.56 Å². The average molecular weight is 301 g/mol. The normalized spacial score (nSPS) is 10.9. The molecule has 116 valence electrons. The summed E-state index contributed by atoms with van der Waals surface area (Å²) in [5.41, 5.74) is 1.06. The minimum absolute atomic E-state index is 0.00260. The molecule has 1 amide bonds. The standard InChI is InChI=1S/C16H19N3O3/c1-11(2)8-19-15(20)14(7-17)10-18-9-12-3-5-13(6-4-12)16(21)22/h3-6,10-11,18H,8-9H2,1-2H3,(H,19,20)(H,21,22)/b14-10-. The lowest BCUT2D eigenvalue weighted by atomic mass is 10.1. The molecule has 0 bridgehead atoms. The Bertz CT molecular complexity index is 598. The van der Waals surface area contributed by atoms with E-state index in [-0.39, 0.29) is 11.1 Å². The number of hydrogen-bond acceptors (Lipinski definition) is 4. The molecule has 0 radical (unpaired) electrons. The van der Waals surface area contributed by atoms with E-state index < -0.39 is 11.9 Å². The zero-order valence-corrected chi connectivity index (χ0v) is 12.6. The van der Waals surface area contributed by atoms with Gasteiger partial charge in [-0.1, -0.05) is 26.0 Å². The van der Waals surface area contributed by atoms with E-state index in [4.69, 9.17) is 10.4 Å². The largest absolute Gasteiger partial charge is 0.478 e. The van der Waals surface area contributed by atoms with Gasteiger partial charge in [-0.25, -0.2) is 4.79 Å². The van der Waals surface area contributed by atoms with Crippen molar-refractivity contribution < 1.29 is 14.7 Å². The molecule has 1 aromatic carbocycles. The van der Waals surface area contributed by atoms with Gasteiger partial charge in [-0.15, -0.1) is 0 Å². The van der Waals surface area contributed by atoms with E-state index in [9.17, 15) is 9.59 Å². The highest BCUT2D eigenvalue weighted by Crippen LogP contribution is 2.04. The average Bonchev–Trinajstić information content (AvgIpc) is 2.49. The predicted molar refractivity (Wildman–Crippen MR) is 81.8 cm³/mol. The van der Waals surface area contributed by atoms with Gasteiger partial charge in [0.1, 0.15) is 11.6 Å². The summed E-state index contributed by atoms with van der Waals surface area (Å²) in [5.74, 6) is -1.08. The smallest absolute Gasteiger partial charge is 0.335 e. The topological polar surface area (TPSA) is 102 Å². The van der Waals surface area contributed by atoms with Gasteiger partial charge in [0, 0.05) is 19.3 Å². The van der Waals surface area contributed by atoms with Crippen molar-refractivity contribution in [3.8, 4) is 6.07 Å². The number of benzene rings is 1. The highest BCUT2D eigenvalue weighted by Gasteiger charge is 2.08. The molecule has 0 saturated heterocycles. The molecule has 0 atom stereocenters. The third-order valence-corrected chi connectivity index (χ3v) is 2.79. The number of amides is 1. The summed E-state index contributed by atoms with van der Waals surface area (Å²) in [6.45, 7) is 4.83. The molecule has 0 aliphatic rings. The summed E-state index contributed by atoms with van der Waals surface area (Å²) < 4.78 is 0. The first-order valence-corrected chi connectivity index (χ1v) is 6.88. The first kappa shape index (κ1) is 17.2. The van der Waals surface area contributed by atoms with Crippen molar-refractivity contribution in [2.75, 3.05) is 6.54 Å². The number of carboxylic acid groups (broad SMARTS) is 1. The van der Waals surface area contributed by atoms with Gasteiger partial charge in [-0.05, 0) is 23.6 Å². The van der Waals surface area contributed by atoms with Crippen LogP contribution in [0.1, 0.15) is 29.8 Å². The third kappa shape index (κ3) is 5.67. The fourth-order valence-electron chi connectivity index (χ4n) is 1.58. The molecule has 0 saturated carbocycles. The Kier molecular flexibility index (Phi) is 6.64. The molecule has 3 N–H and O–H groups in total. The highest BCUT2D eigenvalue weighted by molar-refractivity contribution is 5.97. The molecule has 0 aliphatic carbocycles. The van der Waals surface area contributed by atoms with Crippen molar-refractivity contribution in [1.82, 2.24) is 10.6 Å². The summed E-state index contributed by atoms with van der Waals surface area (Å²) in [4.78, 5) is 22.5. The van der Waals surface area contributed by atoms with Crippen molar-refractivity contribution in [3.05, 3.63) is 47.2 Å².